The van der Waals surface area contributed by atoms with Crippen LogP contribution in [0.3, 0.4) is 0 Å². The lowest BCUT2D eigenvalue weighted by molar-refractivity contribution is -0.131. The smallest absolute Gasteiger partial charge is 0.328 e. The van der Waals surface area contributed by atoms with Gasteiger partial charge >= 0.3 is 5.97 Å². The summed E-state index contributed by atoms with van der Waals surface area (Å²) in [6.45, 7) is 3.87. The molecule has 1 aromatic rings. The SMILES string of the molecule is CC(=CC(=O)O)CSc1ccc(C)cc1. The van der Waals surface area contributed by atoms with Gasteiger partial charge < -0.3 is 5.11 Å². The maximum Gasteiger partial charge on any atom is 0.328 e. The average Bonchev–Trinajstić information content (AvgIpc) is 2.16. The number of carbonyl (C=O) groups is 1. The van der Waals surface area contributed by atoms with Gasteiger partial charge in [-0.2, -0.15) is 0 Å². The Labute approximate surface area is 94.0 Å². The maximum absolute atomic E-state index is 10.4. The van der Waals surface area contributed by atoms with Crippen molar-refractivity contribution in [1.29, 1.82) is 0 Å². The molecular formula is C12H14O2S. The van der Waals surface area contributed by atoms with Gasteiger partial charge in [0.15, 0.2) is 0 Å². The highest BCUT2D eigenvalue weighted by atomic mass is 32.2. The van der Waals surface area contributed by atoms with Crippen molar-refractivity contribution in [1.82, 2.24) is 0 Å². The molecule has 1 rings (SSSR count). The van der Waals surface area contributed by atoms with Crippen molar-refractivity contribution in [3.8, 4) is 0 Å². The number of carboxylic acids is 1. The van der Waals surface area contributed by atoms with Crippen LogP contribution >= 0.6 is 11.8 Å². The van der Waals surface area contributed by atoms with Crippen LogP contribution in [0.4, 0.5) is 0 Å². The molecule has 1 aromatic carbocycles. The fourth-order valence-corrected chi connectivity index (χ4v) is 1.89. The Kier molecular flexibility index (Phi) is 4.43. The van der Waals surface area contributed by atoms with Crippen molar-refractivity contribution in [2.75, 3.05) is 5.75 Å². The summed E-state index contributed by atoms with van der Waals surface area (Å²) in [7, 11) is 0. The lowest BCUT2D eigenvalue weighted by atomic mass is 10.2. The molecule has 0 bridgehead atoms. The van der Waals surface area contributed by atoms with E-state index in [1.165, 1.54) is 16.5 Å². The van der Waals surface area contributed by atoms with Gasteiger partial charge in [-0.25, -0.2) is 4.79 Å². The molecule has 0 aliphatic rings. The lowest BCUT2D eigenvalue weighted by Crippen LogP contribution is -1.91. The number of aryl methyl sites for hydroxylation is 1. The molecule has 0 amide bonds. The molecule has 3 heteroatoms. The molecule has 0 fully saturated rings. The molecule has 80 valence electrons. The number of benzene rings is 1. The number of carboxylic acid groups (broad SMARTS) is 1. The van der Waals surface area contributed by atoms with Gasteiger partial charge in [0.2, 0.25) is 0 Å². The van der Waals surface area contributed by atoms with Gasteiger partial charge in [-0.3, -0.25) is 0 Å². The van der Waals surface area contributed by atoms with Crippen LogP contribution < -0.4 is 0 Å². The van der Waals surface area contributed by atoms with Crippen LogP contribution in [-0.2, 0) is 4.79 Å². The third-order valence-corrected chi connectivity index (χ3v) is 3.06. The molecular weight excluding hydrogens is 208 g/mol. The lowest BCUT2D eigenvalue weighted by Gasteiger charge is -2.01. The van der Waals surface area contributed by atoms with Crippen LogP contribution in [0.2, 0.25) is 0 Å². The molecule has 0 atom stereocenters. The first-order valence-electron chi connectivity index (χ1n) is 4.67. The number of rotatable bonds is 4. The van der Waals surface area contributed by atoms with E-state index in [0.717, 1.165) is 11.3 Å². The minimum absolute atomic E-state index is 0.718. The van der Waals surface area contributed by atoms with Crippen molar-refractivity contribution in [2.45, 2.75) is 18.7 Å². The number of hydrogen-bond donors (Lipinski definition) is 1. The van der Waals surface area contributed by atoms with Gasteiger partial charge in [-0.05, 0) is 26.0 Å². The van der Waals surface area contributed by atoms with Crippen LogP contribution in [0.25, 0.3) is 0 Å². The first-order chi connectivity index (χ1) is 7.08. The van der Waals surface area contributed by atoms with Crippen molar-refractivity contribution >= 4 is 17.7 Å². The minimum atomic E-state index is -0.878. The van der Waals surface area contributed by atoms with E-state index in [4.69, 9.17) is 5.11 Å². The van der Waals surface area contributed by atoms with Gasteiger partial charge in [-0.1, -0.05) is 23.3 Å². The second-order valence-corrected chi connectivity index (χ2v) is 4.48. The van der Waals surface area contributed by atoms with Crippen molar-refractivity contribution < 1.29 is 9.90 Å². The standard InChI is InChI=1S/C12H14O2S/c1-9-3-5-11(6-4-9)15-8-10(2)7-12(13)14/h3-7H,8H2,1-2H3,(H,13,14). The summed E-state index contributed by atoms with van der Waals surface area (Å²) in [5.74, 6) is -0.160. The second-order valence-electron chi connectivity index (χ2n) is 3.43. The Balaban J connectivity index is 2.50. The van der Waals surface area contributed by atoms with Crippen molar-refractivity contribution in [3.05, 3.63) is 41.5 Å². The summed E-state index contributed by atoms with van der Waals surface area (Å²) in [6.07, 6.45) is 1.25. The predicted molar refractivity (Wildman–Crippen MR) is 63.3 cm³/mol. The zero-order valence-corrected chi connectivity index (χ0v) is 9.67. The van der Waals surface area contributed by atoms with Crippen LogP contribution in [-0.4, -0.2) is 16.8 Å². The summed E-state index contributed by atoms with van der Waals surface area (Å²) in [5.41, 5.74) is 2.10. The Bertz CT molecular complexity index is 366. The molecule has 0 heterocycles. The van der Waals surface area contributed by atoms with E-state index in [1.54, 1.807) is 11.8 Å². The van der Waals surface area contributed by atoms with Gasteiger partial charge in [0, 0.05) is 16.7 Å². The van der Waals surface area contributed by atoms with Crippen molar-refractivity contribution in [2.24, 2.45) is 0 Å². The third kappa shape index (κ3) is 4.70. The zero-order chi connectivity index (χ0) is 11.3. The summed E-state index contributed by atoms with van der Waals surface area (Å²) in [6, 6.07) is 8.21. The Morgan fingerprint density at radius 3 is 2.53 bits per heavy atom. The molecule has 2 nitrogen and oxygen atoms in total. The fraction of sp³-hybridized carbons (Fsp3) is 0.250. The van der Waals surface area contributed by atoms with Gasteiger partial charge in [0.25, 0.3) is 0 Å². The number of thioether (sulfide) groups is 1. The van der Waals surface area contributed by atoms with Gasteiger partial charge in [0.1, 0.15) is 0 Å². The quantitative estimate of drug-likeness (QED) is 0.628. The average molecular weight is 222 g/mol. The third-order valence-electron chi connectivity index (χ3n) is 1.86. The van der Waals surface area contributed by atoms with Crippen LogP contribution in [0.1, 0.15) is 12.5 Å². The summed E-state index contributed by atoms with van der Waals surface area (Å²) in [4.78, 5) is 11.5. The maximum atomic E-state index is 10.4. The molecule has 0 unspecified atom stereocenters. The normalized spacial score (nSPS) is 11.5. The van der Waals surface area contributed by atoms with Crippen LogP contribution in [0.5, 0.6) is 0 Å². The number of hydrogen-bond acceptors (Lipinski definition) is 2. The second kappa shape index (κ2) is 5.61. The van der Waals surface area contributed by atoms with Gasteiger partial charge in [0.05, 0.1) is 0 Å². The summed E-state index contributed by atoms with van der Waals surface area (Å²) >= 11 is 1.65. The summed E-state index contributed by atoms with van der Waals surface area (Å²) in [5, 5.41) is 8.53. The van der Waals surface area contributed by atoms with E-state index in [9.17, 15) is 4.79 Å². The molecule has 15 heavy (non-hydrogen) atoms. The predicted octanol–water partition coefficient (Wildman–Crippen LogP) is 3.12. The highest BCUT2D eigenvalue weighted by Crippen LogP contribution is 2.20. The van der Waals surface area contributed by atoms with E-state index in [-0.39, 0.29) is 0 Å². The highest BCUT2D eigenvalue weighted by molar-refractivity contribution is 7.99. The fourth-order valence-electron chi connectivity index (χ4n) is 1.08. The molecule has 0 spiro atoms. The molecule has 1 N–H and O–H groups in total. The van der Waals surface area contributed by atoms with Crippen LogP contribution in [0.15, 0.2) is 40.8 Å². The topological polar surface area (TPSA) is 37.3 Å². The highest BCUT2D eigenvalue weighted by Gasteiger charge is 1.97. The van der Waals surface area contributed by atoms with Gasteiger partial charge in [-0.15, -0.1) is 11.8 Å². The minimum Gasteiger partial charge on any atom is -0.478 e. The molecule has 0 aromatic heterocycles. The van der Waals surface area contributed by atoms with E-state index in [2.05, 4.69) is 12.1 Å². The molecule has 0 saturated heterocycles. The molecule has 0 saturated carbocycles. The first kappa shape index (κ1) is 11.9. The Morgan fingerprint density at radius 1 is 1.40 bits per heavy atom. The van der Waals surface area contributed by atoms with Crippen LogP contribution in [0, 0.1) is 6.92 Å². The van der Waals surface area contributed by atoms with E-state index < -0.39 is 5.97 Å². The molecule has 0 aliphatic heterocycles. The largest absolute Gasteiger partial charge is 0.478 e. The zero-order valence-electron chi connectivity index (χ0n) is 8.86. The van der Waals surface area contributed by atoms with E-state index >= 15 is 0 Å². The van der Waals surface area contributed by atoms with Crippen molar-refractivity contribution in [3.63, 3.8) is 0 Å². The number of aliphatic carboxylic acids is 1. The Morgan fingerprint density at radius 2 is 2.00 bits per heavy atom. The first-order valence-corrected chi connectivity index (χ1v) is 5.66. The Hall–Kier alpha value is -1.22. The van der Waals surface area contributed by atoms with E-state index in [0.29, 0.717) is 0 Å². The van der Waals surface area contributed by atoms with E-state index in [1.807, 2.05) is 26.0 Å². The molecule has 0 radical (unpaired) electrons. The summed E-state index contributed by atoms with van der Waals surface area (Å²) < 4.78 is 0. The monoisotopic (exact) mass is 222 g/mol. The molecule has 0 aliphatic carbocycles.